The molecule has 2 aliphatic heterocycles. The second-order valence-corrected chi connectivity index (χ2v) is 8.29. The Labute approximate surface area is 168 Å². The van der Waals surface area contributed by atoms with Crippen LogP contribution in [0.2, 0.25) is 0 Å². The van der Waals surface area contributed by atoms with Gasteiger partial charge in [-0.05, 0) is 38.1 Å². The number of pyridine rings is 1. The summed E-state index contributed by atoms with van der Waals surface area (Å²) in [6.45, 7) is 4.70. The van der Waals surface area contributed by atoms with Crippen LogP contribution in [-0.2, 0) is 11.3 Å². The highest BCUT2D eigenvalue weighted by Gasteiger charge is 2.53. The van der Waals surface area contributed by atoms with Gasteiger partial charge in [0.2, 0.25) is 17.6 Å². The zero-order valence-electron chi connectivity index (χ0n) is 16.5. The largest absolute Gasteiger partial charge is 0.340 e. The molecular formula is C20H23N7O2. The molecule has 0 aromatic carbocycles. The summed E-state index contributed by atoms with van der Waals surface area (Å²) in [5.74, 6) is 1.33. The zero-order chi connectivity index (χ0) is 20.0. The van der Waals surface area contributed by atoms with Gasteiger partial charge in [0.25, 0.3) is 0 Å². The van der Waals surface area contributed by atoms with E-state index in [4.69, 9.17) is 4.52 Å². The summed E-state index contributed by atoms with van der Waals surface area (Å²) in [5.41, 5.74) is 2.05. The molecule has 0 aliphatic carbocycles. The second-order valence-electron chi connectivity index (χ2n) is 8.29. The Bertz CT molecular complexity index is 1020. The van der Waals surface area contributed by atoms with Gasteiger partial charge in [-0.25, -0.2) is 0 Å². The summed E-state index contributed by atoms with van der Waals surface area (Å²) >= 11 is 0. The maximum absolute atomic E-state index is 12.5. The molecule has 3 aromatic heterocycles. The van der Waals surface area contributed by atoms with Crippen LogP contribution >= 0.6 is 0 Å². The Hall–Kier alpha value is -3.07. The van der Waals surface area contributed by atoms with Crippen molar-refractivity contribution in [3.63, 3.8) is 0 Å². The highest BCUT2D eigenvalue weighted by Crippen LogP contribution is 2.47. The van der Waals surface area contributed by atoms with Crippen LogP contribution in [0.25, 0.3) is 11.4 Å². The summed E-state index contributed by atoms with van der Waals surface area (Å²) in [7, 11) is 2.08. The smallest absolute Gasteiger partial charge is 0.244 e. The molecule has 2 aliphatic rings. The molecule has 1 unspecified atom stereocenters. The van der Waals surface area contributed by atoms with Crippen molar-refractivity contribution >= 4 is 5.91 Å². The van der Waals surface area contributed by atoms with Crippen LogP contribution in [0.4, 0.5) is 0 Å². The lowest BCUT2D eigenvalue weighted by Crippen LogP contribution is -2.60. The zero-order valence-corrected chi connectivity index (χ0v) is 16.5. The minimum atomic E-state index is 0.0732. The number of carbonyl (C=O) groups is 1. The molecule has 150 valence electrons. The van der Waals surface area contributed by atoms with Gasteiger partial charge in [-0.2, -0.15) is 10.1 Å². The predicted octanol–water partition coefficient (Wildman–Crippen LogP) is 1.54. The van der Waals surface area contributed by atoms with Gasteiger partial charge in [0.05, 0.1) is 12.2 Å². The van der Waals surface area contributed by atoms with Crippen molar-refractivity contribution in [2.45, 2.75) is 25.9 Å². The number of amides is 1. The van der Waals surface area contributed by atoms with Gasteiger partial charge in [-0.3, -0.25) is 19.4 Å². The first-order chi connectivity index (χ1) is 14.0. The van der Waals surface area contributed by atoms with Crippen molar-refractivity contribution in [1.29, 1.82) is 0 Å². The van der Waals surface area contributed by atoms with Crippen LogP contribution in [0.3, 0.4) is 0 Å². The van der Waals surface area contributed by atoms with Crippen molar-refractivity contribution in [3.05, 3.63) is 48.4 Å². The Balaban J connectivity index is 1.23. The van der Waals surface area contributed by atoms with Crippen LogP contribution in [0.15, 0.2) is 41.4 Å². The standard InChI is InChI=1S/C20H23N7O2/c1-14-8-22-27(9-14)10-17(28)26-12-20(13-26)7-16(25(2)11-20)19-23-18(24-29-19)15-3-5-21-6-4-15/h3-6,8-9,16H,7,10-13H2,1-2H3. The van der Waals surface area contributed by atoms with Crippen LogP contribution in [0, 0.1) is 12.3 Å². The normalized spacial score (nSPS) is 20.9. The average molecular weight is 393 g/mol. The Morgan fingerprint density at radius 3 is 2.79 bits per heavy atom. The van der Waals surface area contributed by atoms with E-state index < -0.39 is 0 Å². The van der Waals surface area contributed by atoms with Crippen LogP contribution < -0.4 is 0 Å². The maximum Gasteiger partial charge on any atom is 0.244 e. The molecular weight excluding hydrogens is 370 g/mol. The number of carbonyl (C=O) groups excluding carboxylic acids is 1. The number of hydrogen-bond donors (Lipinski definition) is 0. The monoisotopic (exact) mass is 393 g/mol. The van der Waals surface area contributed by atoms with E-state index in [1.807, 2.05) is 30.2 Å². The summed E-state index contributed by atoms with van der Waals surface area (Å²) in [5, 5.41) is 8.34. The molecule has 1 spiro atoms. The highest BCUT2D eigenvalue weighted by molar-refractivity contribution is 5.77. The Kier molecular flexibility index (Phi) is 4.20. The molecule has 9 nitrogen and oxygen atoms in total. The SMILES string of the molecule is Cc1cnn(CC(=O)N2CC3(CC(c4nc(-c5ccncc5)no4)N(C)C3)C2)c1. The van der Waals surface area contributed by atoms with E-state index in [-0.39, 0.29) is 17.4 Å². The molecule has 29 heavy (non-hydrogen) atoms. The molecule has 0 bridgehead atoms. The summed E-state index contributed by atoms with van der Waals surface area (Å²) in [6, 6.07) is 3.81. The number of aromatic nitrogens is 5. The molecule has 0 saturated carbocycles. The number of likely N-dealkylation sites (tertiary alicyclic amines) is 2. The highest BCUT2D eigenvalue weighted by atomic mass is 16.5. The van der Waals surface area contributed by atoms with E-state index in [0.29, 0.717) is 18.3 Å². The summed E-state index contributed by atoms with van der Waals surface area (Å²) in [4.78, 5) is 25.3. The lowest BCUT2D eigenvalue weighted by molar-refractivity contribution is -0.143. The molecule has 3 aromatic rings. The third-order valence-electron chi connectivity index (χ3n) is 5.87. The third-order valence-corrected chi connectivity index (χ3v) is 5.87. The minimum Gasteiger partial charge on any atom is -0.340 e. The van der Waals surface area contributed by atoms with Crippen LogP contribution in [0.1, 0.15) is 23.9 Å². The fraction of sp³-hybridized carbons (Fsp3) is 0.450. The molecule has 1 atom stereocenters. The van der Waals surface area contributed by atoms with Crippen molar-refractivity contribution in [1.82, 2.24) is 34.7 Å². The second kappa shape index (κ2) is 6.77. The van der Waals surface area contributed by atoms with E-state index in [1.165, 1.54) is 0 Å². The minimum absolute atomic E-state index is 0.0732. The lowest BCUT2D eigenvalue weighted by Gasteiger charge is -2.48. The summed E-state index contributed by atoms with van der Waals surface area (Å²) < 4.78 is 7.28. The first kappa shape index (κ1) is 18.0. The average Bonchev–Trinajstić information content (AvgIpc) is 3.40. The van der Waals surface area contributed by atoms with Crippen molar-refractivity contribution in [2.75, 3.05) is 26.7 Å². The van der Waals surface area contributed by atoms with Gasteiger partial charge >= 0.3 is 0 Å². The molecule has 5 rings (SSSR count). The summed E-state index contributed by atoms with van der Waals surface area (Å²) in [6.07, 6.45) is 8.00. The Morgan fingerprint density at radius 1 is 1.28 bits per heavy atom. The maximum atomic E-state index is 12.5. The number of hydrogen-bond acceptors (Lipinski definition) is 7. The van der Waals surface area contributed by atoms with E-state index in [0.717, 1.165) is 37.2 Å². The molecule has 9 heteroatoms. The number of aryl methyl sites for hydroxylation is 1. The van der Waals surface area contributed by atoms with Crippen LogP contribution in [-0.4, -0.2) is 67.3 Å². The van der Waals surface area contributed by atoms with Crippen molar-refractivity contribution < 1.29 is 9.32 Å². The Morgan fingerprint density at radius 2 is 2.07 bits per heavy atom. The first-order valence-electron chi connectivity index (χ1n) is 9.72. The first-order valence-corrected chi connectivity index (χ1v) is 9.72. The van der Waals surface area contributed by atoms with Crippen LogP contribution in [0.5, 0.6) is 0 Å². The fourth-order valence-electron chi connectivity index (χ4n) is 4.50. The number of nitrogens with zero attached hydrogens (tertiary/aromatic N) is 7. The van der Waals surface area contributed by atoms with Gasteiger partial charge in [0, 0.05) is 49.2 Å². The van der Waals surface area contributed by atoms with Crippen molar-refractivity contribution in [3.8, 4) is 11.4 Å². The van der Waals surface area contributed by atoms with E-state index in [9.17, 15) is 4.79 Å². The van der Waals surface area contributed by atoms with E-state index >= 15 is 0 Å². The van der Waals surface area contributed by atoms with Gasteiger partial charge in [-0.1, -0.05) is 5.16 Å². The molecule has 1 amide bonds. The quantitative estimate of drug-likeness (QED) is 0.664. The molecule has 2 fully saturated rings. The lowest BCUT2D eigenvalue weighted by atomic mass is 9.77. The van der Waals surface area contributed by atoms with Gasteiger partial charge < -0.3 is 9.42 Å². The van der Waals surface area contributed by atoms with Gasteiger partial charge in [-0.15, -0.1) is 0 Å². The van der Waals surface area contributed by atoms with Gasteiger partial charge in [0.1, 0.15) is 6.54 Å². The third kappa shape index (κ3) is 3.31. The molecule has 0 N–H and O–H groups in total. The molecule has 5 heterocycles. The van der Waals surface area contributed by atoms with E-state index in [2.05, 4.69) is 32.2 Å². The predicted molar refractivity (Wildman–Crippen MR) is 103 cm³/mol. The topological polar surface area (TPSA) is 93.2 Å². The molecule has 2 saturated heterocycles. The fourth-order valence-corrected chi connectivity index (χ4v) is 4.50. The number of rotatable bonds is 4. The molecule has 0 radical (unpaired) electrons. The van der Waals surface area contributed by atoms with E-state index in [1.54, 1.807) is 23.3 Å². The van der Waals surface area contributed by atoms with Crippen molar-refractivity contribution in [2.24, 2.45) is 5.41 Å². The van der Waals surface area contributed by atoms with Gasteiger partial charge in [0.15, 0.2) is 0 Å².